The van der Waals surface area contributed by atoms with Crippen molar-refractivity contribution < 1.29 is 0 Å². The van der Waals surface area contributed by atoms with E-state index in [-0.39, 0.29) is 0 Å². The Morgan fingerprint density at radius 3 is 2.38 bits per heavy atom. The highest BCUT2D eigenvalue weighted by molar-refractivity contribution is 5.64. The Morgan fingerprint density at radius 1 is 1.00 bits per heavy atom. The average Bonchev–Trinajstić information content (AvgIpc) is 3.14. The van der Waals surface area contributed by atoms with Crippen molar-refractivity contribution in [3.05, 3.63) is 48.9 Å². The molecule has 0 radical (unpaired) electrons. The maximum absolute atomic E-state index is 4.50. The summed E-state index contributed by atoms with van der Waals surface area (Å²) >= 11 is 0. The fraction of sp³-hybridized carbons (Fsp3) is 0.312. The van der Waals surface area contributed by atoms with E-state index in [0.29, 0.717) is 0 Å². The SMILES string of the molecule is C1=CN(c2cccc(-n3cccn3)n2)N=CC1.CC.CC. The van der Waals surface area contributed by atoms with Crippen molar-refractivity contribution >= 4 is 12.0 Å². The minimum absolute atomic E-state index is 0.779. The van der Waals surface area contributed by atoms with Crippen LogP contribution >= 0.6 is 0 Å². The molecule has 0 spiro atoms. The third-order valence-electron chi connectivity index (χ3n) is 2.39. The quantitative estimate of drug-likeness (QED) is 0.837. The zero-order chi connectivity index (χ0) is 15.5. The van der Waals surface area contributed by atoms with Crippen LogP contribution in [0.15, 0.2) is 54.0 Å². The summed E-state index contributed by atoms with van der Waals surface area (Å²) in [4.78, 5) is 4.50. The lowest BCUT2D eigenvalue weighted by molar-refractivity contribution is 0.841. The molecule has 112 valence electrons. The van der Waals surface area contributed by atoms with Crippen molar-refractivity contribution in [3.8, 4) is 5.82 Å². The molecule has 21 heavy (non-hydrogen) atoms. The van der Waals surface area contributed by atoms with E-state index in [2.05, 4.69) is 15.2 Å². The molecule has 5 nitrogen and oxygen atoms in total. The normalized spacial score (nSPS) is 12.1. The van der Waals surface area contributed by atoms with E-state index in [1.807, 2.05) is 76.6 Å². The van der Waals surface area contributed by atoms with E-state index in [4.69, 9.17) is 0 Å². The van der Waals surface area contributed by atoms with E-state index >= 15 is 0 Å². The molecule has 3 rings (SSSR count). The van der Waals surface area contributed by atoms with Crippen LogP contribution in [0.25, 0.3) is 5.82 Å². The van der Waals surface area contributed by atoms with Crippen LogP contribution in [0.5, 0.6) is 0 Å². The molecule has 2 aromatic heterocycles. The summed E-state index contributed by atoms with van der Waals surface area (Å²) in [6, 6.07) is 7.64. The molecule has 0 N–H and O–H groups in total. The van der Waals surface area contributed by atoms with Gasteiger partial charge in [0.05, 0.1) is 0 Å². The van der Waals surface area contributed by atoms with Gasteiger partial charge in [-0.25, -0.2) is 14.7 Å². The van der Waals surface area contributed by atoms with Crippen LogP contribution in [0.4, 0.5) is 5.82 Å². The molecule has 1 aliphatic heterocycles. The Bertz CT molecular complexity index is 546. The Hall–Kier alpha value is -2.43. The van der Waals surface area contributed by atoms with E-state index in [1.165, 1.54) is 0 Å². The Morgan fingerprint density at radius 2 is 1.76 bits per heavy atom. The van der Waals surface area contributed by atoms with Gasteiger partial charge in [0.2, 0.25) is 0 Å². The van der Waals surface area contributed by atoms with Gasteiger partial charge in [0.1, 0.15) is 0 Å². The number of pyridine rings is 1. The Balaban J connectivity index is 0.000000510. The number of hydrogen-bond acceptors (Lipinski definition) is 4. The lowest BCUT2D eigenvalue weighted by atomic mass is 10.4. The molecule has 0 unspecified atom stereocenters. The smallest absolute Gasteiger partial charge is 0.155 e. The lowest BCUT2D eigenvalue weighted by Crippen LogP contribution is -2.13. The van der Waals surface area contributed by atoms with Gasteiger partial charge >= 0.3 is 0 Å². The van der Waals surface area contributed by atoms with Crippen molar-refractivity contribution in [1.82, 2.24) is 14.8 Å². The average molecular weight is 285 g/mol. The largest absolute Gasteiger partial charge is 0.223 e. The summed E-state index contributed by atoms with van der Waals surface area (Å²) in [5.41, 5.74) is 0. The van der Waals surface area contributed by atoms with Gasteiger partial charge < -0.3 is 0 Å². The molecule has 5 heteroatoms. The molecule has 2 aromatic rings. The van der Waals surface area contributed by atoms with Crippen LogP contribution in [0.2, 0.25) is 0 Å². The second-order valence-corrected chi connectivity index (χ2v) is 3.57. The maximum atomic E-state index is 4.50. The van der Waals surface area contributed by atoms with Gasteiger partial charge in [0, 0.05) is 31.2 Å². The fourth-order valence-electron chi connectivity index (χ4n) is 1.60. The van der Waals surface area contributed by atoms with Gasteiger partial charge in [-0.15, -0.1) is 0 Å². The number of aromatic nitrogens is 3. The monoisotopic (exact) mass is 285 g/mol. The topological polar surface area (TPSA) is 46.3 Å². The Kier molecular flexibility index (Phi) is 7.50. The van der Waals surface area contributed by atoms with Crippen molar-refractivity contribution in [2.75, 3.05) is 5.01 Å². The molecule has 1 aliphatic rings. The molecule has 0 saturated carbocycles. The highest BCUT2D eigenvalue weighted by Gasteiger charge is 2.06. The highest BCUT2D eigenvalue weighted by Crippen LogP contribution is 2.15. The Labute approximate surface area is 126 Å². The van der Waals surface area contributed by atoms with E-state index in [9.17, 15) is 0 Å². The van der Waals surface area contributed by atoms with Crippen LogP contribution < -0.4 is 5.01 Å². The lowest BCUT2D eigenvalue weighted by Gasteiger charge is -2.15. The summed E-state index contributed by atoms with van der Waals surface area (Å²) in [6.45, 7) is 8.00. The summed E-state index contributed by atoms with van der Waals surface area (Å²) in [5.74, 6) is 1.56. The van der Waals surface area contributed by atoms with Crippen molar-refractivity contribution in [2.45, 2.75) is 34.1 Å². The van der Waals surface area contributed by atoms with Gasteiger partial charge in [0.15, 0.2) is 11.6 Å². The van der Waals surface area contributed by atoms with Gasteiger partial charge in [-0.05, 0) is 18.2 Å². The first-order chi connectivity index (χ1) is 10.4. The van der Waals surface area contributed by atoms with Crippen molar-refractivity contribution in [1.29, 1.82) is 0 Å². The van der Waals surface area contributed by atoms with Crippen LogP contribution in [0, 0.1) is 0 Å². The predicted octanol–water partition coefficient (Wildman–Crippen LogP) is 4.03. The van der Waals surface area contributed by atoms with Gasteiger partial charge in [0.25, 0.3) is 0 Å². The third-order valence-corrected chi connectivity index (χ3v) is 2.39. The van der Waals surface area contributed by atoms with Crippen molar-refractivity contribution in [3.63, 3.8) is 0 Å². The van der Waals surface area contributed by atoms with Crippen LogP contribution in [-0.2, 0) is 0 Å². The van der Waals surface area contributed by atoms with Gasteiger partial charge in [-0.2, -0.15) is 10.2 Å². The summed E-state index contributed by atoms with van der Waals surface area (Å²) in [6.07, 6.45) is 10.3. The molecule has 0 atom stereocenters. The number of hydrogen-bond donors (Lipinski definition) is 0. The summed E-state index contributed by atoms with van der Waals surface area (Å²) in [5, 5.41) is 10.1. The van der Waals surface area contributed by atoms with Crippen molar-refractivity contribution in [2.24, 2.45) is 5.10 Å². The number of hydrazone groups is 1. The van der Waals surface area contributed by atoms with E-state index in [1.54, 1.807) is 15.9 Å². The van der Waals surface area contributed by atoms with E-state index < -0.39 is 0 Å². The molecule has 0 aromatic carbocycles. The van der Waals surface area contributed by atoms with Gasteiger partial charge in [-0.3, -0.25) is 0 Å². The second kappa shape index (κ2) is 9.47. The fourth-order valence-corrected chi connectivity index (χ4v) is 1.60. The standard InChI is InChI=1S/C12H11N5.2C2H6/c1-2-9-16(13-7-1)11-5-3-6-12(15-11)17-10-4-8-14-17;2*1-2/h2-10H,1H2;2*1-2H3. The first-order valence-corrected chi connectivity index (χ1v) is 7.39. The van der Waals surface area contributed by atoms with Crippen LogP contribution in [-0.4, -0.2) is 21.0 Å². The molecular formula is C16H23N5. The number of nitrogens with zero attached hydrogens (tertiary/aromatic N) is 5. The molecule has 0 saturated heterocycles. The molecular weight excluding hydrogens is 262 g/mol. The number of allylic oxidation sites excluding steroid dienone is 1. The third kappa shape index (κ3) is 4.56. The second-order valence-electron chi connectivity index (χ2n) is 3.57. The van der Waals surface area contributed by atoms with E-state index in [0.717, 1.165) is 18.1 Å². The molecule has 3 heterocycles. The number of anilines is 1. The minimum atomic E-state index is 0.779. The summed E-state index contributed by atoms with van der Waals surface area (Å²) < 4.78 is 1.72. The number of rotatable bonds is 2. The highest BCUT2D eigenvalue weighted by atomic mass is 15.5. The molecule has 0 fully saturated rings. The van der Waals surface area contributed by atoms with Crippen LogP contribution in [0.1, 0.15) is 34.1 Å². The summed E-state index contributed by atoms with van der Waals surface area (Å²) in [7, 11) is 0. The minimum Gasteiger partial charge on any atom is -0.223 e. The maximum Gasteiger partial charge on any atom is 0.155 e. The zero-order valence-electron chi connectivity index (χ0n) is 13.1. The van der Waals surface area contributed by atoms with Crippen LogP contribution in [0.3, 0.4) is 0 Å². The zero-order valence-corrected chi connectivity index (χ0v) is 13.1. The first-order valence-electron chi connectivity index (χ1n) is 7.39. The molecule has 0 amide bonds. The van der Waals surface area contributed by atoms with Gasteiger partial charge in [-0.1, -0.05) is 39.8 Å². The predicted molar refractivity (Wildman–Crippen MR) is 88.8 cm³/mol. The molecule has 0 aliphatic carbocycles. The molecule has 0 bridgehead atoms. The first kappa shape index (κ1) is 16.6.